The minimum Gasteiger partial charge on any atom is -0.399 e. The molecule has 96 valence electrons. The molecule has 0 amide bonds. The van der Waals surface area contributed by atoms with E-state index in [4.69, 9.17) is 10.3 Å². The molecule has 2 heterocycles. The molecule has 0 atom stereocenters. The van der Waals surface area contributed by atoms with Crippen molar-refractivity contribution in [2.75, 3.05) is 5.73 Å². The van der Waals surface area contributed by atoms with Crippen LogP contribution in [-0.2, 0) is 0 Å². The summed E-state index contributed by atoms with van der Waals surface area (Å²) in [5.74, 6) is 1.25. The molecule has 7 nitrogen and oxygen atoms in total. The van der Waals surface area contributed by atoms with Gasteiger partial charge in [0.2, 0.25) is 5.82 Å². The lowest BCUT2D eigenvalue weighted by atomic mass is 10.0. The van der Waals surface area contributed by atoms with Gasteiger partial charge in [-0.05, 0) is 37.1 Å². The zero-order valence-corrected chi connectivity index (χ0v) is 10.5. The Morgan fingerprint density at radius 2 is 2.11 bits per heavy atom. The number of anilines is 1. The Balaban J connectivity index is 2.09. The largest absolute Gasteiger partial charge is 0.399 e. The van der Waals surface area contributed by atoms with Crippen molar-refractivity contribution in [1.82, 2.24) is 25.3 Å². The van der Waals surface area contributed by atoms with Gasteiger partial charge in [-0.1, -0.05) is 5.16 Å². The summed E-state index contributed by atoms with van der Waals surface area (Å²) in [6, 6.07) is 3.73. The Hall–Kier alpha value is -2.70. The summed E-state index contributed by atoms with van der Waals surface area (Å²) in [5.41, 5.74) is 9.48. The topological polar surface area (TPSA) is 107 Å². The molecular formula is C12H12N6O. The number of hydrogen-bond donors (Lipinski definition) is 2. The van der Waals surface area contributed by atoms with Crippen molar-refractivity contribution in [3.05, 3.63) is 29.6 Å². The van der Waals surface area contributed by atoms with E-state index in [1.54, 1.807) is 0 Å². The van der Waals surface area contributed by atoms with Crippen LogP contribution in [0.3, 0.4) is 0 Å². The number of aromatic nitrogens is 5. The molecule has 0 saturated heterocycles. The van der Waals surface area contributed by atoms with Gasteiger partial charge in [-0.25, -0.2) is 4.98 Å². The second kappa shape index (κ2) is 4.20. The molecular weight excluding hydrogens is 244 g/mol. The van der Waals surface area contributed by atoms with Crippen molar-refractivity contribution >= 4 is 5.69 Å². The highest BCUT2D eigenvalue weighted by Crippen LogP contribution is 2.27. The van der Waals surface area contributed by atoms with Crippen molar-refractivity contribution in [1.29, 1.82) is 0 Å². The van der Waals surface area contributed by atoms with Crippen LogP contribution in [0.15, 0.2) is 23.0 Å². The second-order valence-corrected chi connectivity index (χ2v) is 4.27. The van der Waals surface area contributed by atoms with Gasteiger partial charge in [0.05, 0.1) is 0 Å². The standard InChI is InChI=1S/C12H12N6O/c1-6-3-8(13)4-9(7(6)2)12-16-11(18-19-12)10-14-5-15-17-10/h3-5H,13H2,1-2H3,(H,14,15,17). The quantitative estimate of drug-likeness (QED) is 0.676. The van der Waals surface area contributed by atoms with Crippen molar-refractivity contribution in [2.24, 2.45) is 0 Å². The van der Waals surface area contributed by atoms with Crippen LogP contribution in [0.5, 0.6) is 0 Å². The summed E-state index contributed by atoms with van der Waals surface area (Å²) in [4.78, 5) is 8.27. The van der Waals surface area contributed by atoms with E-state index in [1.165, 1.54) is 6.33 Å². The maximum absolute atomic E-state index is 5.85. The molecule has 0 aliphatic heterocycles. The average molecular weight is 256 g/mol. The molecule has 0 saturated carbocycles. The number of nitrogens with one attached hydrogen (secondary N) is 1. The first-order valence-corrected chi connectivity index (χ1v) is 5.71. The van der Waals surface area contributed by atoms with Gasteiger partial charge in [0.15, 0.2) is 5.82 Å². The van der Waals surface area contributed by atoms with Crippen molar-refractivity contribution in [3.8, 4) is 23.1 Å². The fourth-order valence-electron chi connectivity index (χ4n) is 1.85. The van der Waals surface area contributed by atoms with Crippen LogP contribution in [0.4, 0.5) is 5.69 Å². The summed E-state index contributed by atoms with van der Waals surface area (Å²) < 4.78 is 5.26. The summed E-state index contributed by atoms with van der Waals surface area (Å²) in [6.45, 7) is 3.98. The van der Waals surface area contributed by atoms with Gasteiger partial charge in [-0.2, -0.15) is 10.1 Å². The van der Waals surface area contributed by atoms with Crippen LogP contribution in [0.2, 0.25) is 0 Å². The second-order valence-electron chi connectivity index (χ2n) is 4.27. The van der Waals surface area contributed by atoms with Crippen LogP contribution in [-0.4, -0.2) is 25.3 Å². The normalized spacial score (nSPS) is 10.8. The predicted octanol–water partition coefficient (Wildman–Crippen LogP) is 1.72. The number of benzene rings is 1. The zero-order chi connectivity index (χ0) is 13.4. The molecule has 0 radical (unpaired) electrons. The molecule has 3 aromatic rings. The number of hydrogen-bond acceptors (Lipinski definition) is 6. The molecule has 0 bridgehead atoms. The van der Waals surface area contributed by atoms with E-state index >= 15 is 0 Å². The number of rotatable bonds is 2. The van der Waals surface area contributed by atoms with E-state index in [9.17, 15) is 0 Å². The fourth-order valence-corrected chi connectivity index (χ4v) is 1.85. The van der Waals surface area contributed by atoms with Crippen molar-refractivity contribution in [3.63, 3.8) is 0 Å². The fraction of sp³-hybridized carbons (Fsp3) is 0.167. The molecule has 3 rings (SSSR count). The van der Waals surface area contributed by atoms with Crippen LogP contribution in [0.25, 0.3) is 23.1 Å². The van der Waals surface area contributed by atoms with E-state index in [0.29, 0.717) is 23.2 Å². The highest BCUT2D eigenvalue weighted by Gasteiger charge is 2.15. The molecule has 3 N–H and O–H groups in total. The van der Waals surface area contributed by atoms with Gasteiger partial charge in [0.25, 0.3) is 5.89 Å². The van der Waals surface area contributed by atoms with Gasteiger partial charge in [0, 0.05) is 11.3 Å². The van der Waals surface area contributed by atoms with Crippen molar-refractivity contribution < 1.29 is 4.52 Å². The summed E-state index contributed by atoms with van der Waals surface area (Å²) in [7, 11) is 0. The molecule has 0 fully saturated rings. The first-order chi connectivity index (χ1) is 9.15. The lowest BCUT2D eigenvalue weighted by Gasteiger charge is -2.06. The molecule has 0 aliphatic carbocycles. The smallest absolute Gasteiger partial charge is 0.258 e. The van der Waals surface area contributed by atoms with Crippen LogP contribution in [0.1, 0.15) is 11.1 Å². The first-order valence-electron chi connectivity index (χ1n) is 5.71. The lowest BCUT2D eigenvalue weighted by Crippen LogP contribution is -1.93. The van der Waals surface area contributed by atoms with Crippen molar-refractivity contribution in [2.45, 2.75) is 13.8 Å². The lowest BCUT2D eigenvalue weighted by molar-refractivity contribution is 0.431. The third-order valence-electron chi connectivity index (χ3n) is 2.97. The number of aryl methyl sites for hydroxylation is 1. The molecule has 0 spiro atoms. The Labute approximate surface area is 108 Å². The Morgan fingerprint density at radius 1 is 1.26 bits per heavy atom. The number of nitrogen functional groups attached to an aromatic ring is 1. The van der Waals surface area contributed by atoms with E-state index in [1.807, 2.05) is 26.0 Å². The molecule has 7 heteroatoms. The van der Waals surface area contributed by atoms with Gasteiger partial charge in [-0.3, -0.25) is 5.10 Å². The highest BCUT2D eigenvalue weighted by molar-refractivity contribution is 5.67. The number of nitrogens with zero attached hydrogens (tertiary/aromatic N) is 4. The van der Waals surface area contributed by atoms with Gasteiger partial charge >= 0.3 is 0 Å². The molecule has 0 unspecified atom stereocenters. The van der Waals surface area contributed by atoms with E-state index in [0.717, 1.165) is 16.7 Å². The average Bonchev–Trinajstić information content (AvgIpc) is 3.03. The maximum Gasteiger partial charge on any atom is 0.258 e. The molecule has 0 aliphatic rings. The Bertz CT molecular complexity index is 716. The molecule has 1 aromatic carbocycles. The third kappa shape index (κ3) is 1.95. The Morgan fingerprint density at radius 3 is 2.84 bits per heavy atom. The summed E-state index contributed by atoms with van der Waals surface area (Å²) in [5, 5.41) is 10.3. The monoisotopic (exact) mass is 256 g/mol. The van der Waals surface area contributed by atoms with E-state index in [2.05, 4.69) is 25.3 Å². The van der Waals surface area contributed by atoms with E-state index in [-0.39, 0.29) is 0 Å². The van der Waals surface area contributed by atoms with Gasteiger partial charge in [-0.15, -0.1) is 0 Å². The maximum atomic E-state index is 5.85. The van der Waals surface area contributed by atoms with Crippen LogP contribution >= 0.6 is 0 Å². The third-order valence-corrected chi connectivity index (χ3v) is 2.97. The molecule has 19 heavy (non-hydrogen) atoms. The van der Waals surface area contributed by atoms with Crippen LogP contribution in [0, 0.1) is 13.8 Å². The van der Waals surface area contributed by atoms with Gasteiger partial charge in [0.1, 0.15) is 6.33 Å². The molecule has 2 aromatic heterocycles. The number of aromatic amines is 1. The predicted molar refractivity (Wildman–Crippen MR) is 69.0 cm³/mol. The zero-order valence-electron chi connectivity index (χ0n) is 10.5. The Kier molecular flexibility index (Phi) is 2.52. The first kappa shape index (κ1) is 11.4. The number of H-pyrrole nitrogens is 1. The van der Waals surface area contributed by atoms with Crippen LogP contribution < -0.4 is 5.73 Å². The minimum absolute atomic E-state index is 0.368. The SMILES string of the molecule is Cc1cc(N)cc(-c2nc(-c3ncn[nH]3)no2)c1C. The summed E-state index contributed by atoms with van der Waals surface area (Å²) in [6.07, 6.45) is 1.39. The minimum atomic E-state index is 0.368. The number of nitrogens with two attached hydrogens (primary N) is 1. The summed E-state index contributed by atoms with van der Waals surface area (Å²) >= 11 is 0. The highest BCUT2D eigenvalue weighted by atomic mass is 16.5. The van der Waals surface area contributed by atoms with E-state index < -0.39 is 0 Å². The van der Waals surface area contributed by atoms with Gasteiger partial charge < -0.3 is 10.3 Å².